The zero-order valence-corrected chi connectivity index (χ0v) is 20.7. The molecule has 3 aromatic heterocycles. The molecule has 1 aromatic carbocycles. The molecular formula is C25H31N7O3. The molecule has 0 atom stereocenters. The Labute approximate surface area is 203 Å². The Balaban J connectivity index is 1.81. The van der Waals surface area contributed by atoms with Crippen LogP contribution in [-0.2, 0) is 13.1 Å². The average molecular weight is 478 g/mol. The van der Waals surface area contributed by atoms with Gasteiger partial charge >= 0.3 is 6.03 Å². The lowest BCUT2D eigenvalue weighted by Gasteiger charge is -2.10. The number of urea groups is 1. The number of aromatic amines is 1. The summed E-state index contributed by atoms with van der Waals surface area (Å²) in [6.07, 6.45) is 3.51. The Bertz CT molecular complexity index is 1400. The number of hydrogen-bond donors (Lipinski definition) is 3. The van der Waals surface area contributed by atoms with E-state index in [9.17, 15) is 9.59 Å². The maximum absolute atomic E-state index is 12.7. The maximum atomic E-state index is 12.7. The molecule has 0 aliphatic carbocycles. The number of pyridine rings is 1. The van der Waals surface area contributed by atoms with E-state index >= 15 is 0 Å². The first kappa shape index (κ1) is 24.2. The van der Waals surface area contributed by atoms with Gasteiger partial charge in [-0.2, -0.15) is 0 Å². The second-order valence-electron chi connectivity index (χ2n) is 9.16. The number of rotatable bonds is 8. The number of nitrogens with zero attached hydrogens (tertiary/aromatic N) is 4. The molecule has 0 saturated heterocycles. The minimum absolute atomic E-state index is 0.0668. The van der Waals surface area contributed by atoms with Crippen LogP contribution < -0.4 is 16.2 Å². The molecule has 0 bridgehead atoms. The highest BCUT2D eigenvalue weighted by Gasteiger charge is 2.18. The molecule has 0 saturated carbocycles. The number of oxazole rings is 1. The van der Waals surface area contributed by atoms with Crippen molar-refractivity contribution in [2.75, 3.05) is 26.0 Å². The van der Waals surface area contributed by atoms with E-state index in [1.165, 1.54) is 0 Å². The van der Waals surface area contributed by atoms with Gasteiger partial charge < -0.3 is 24.2 Å². The maximum Gasteiger partial charge on any atom is 0.321 e. The van der Waals surface area contributed by atoms with Crippen molar-refractivity contribution in [3.05, 3.63) is 52.8 Å². The van der Waals surface area contributed by atoms with Gasteiger partial charge in [0.25, 0.3) is 5.56 Å². The van der Waals surface area contributed by atoms with Crippen molar-refractivity contribution >= 4 is 23.0 Å². The highest BCUT2D eigenvalue weighted by molar-refractivity contribution is 5.97. The minimum atomic E-state index is -0.355. The van der Waals surface area contributed by atoms with Crippen LogP contribution in [0, 0.1) is 5.92 Å². The van der Waals surface area contributed by atoms with Gasteiger partial charge in [-0.15, -0.1) is 0 Å². The average Bonchev–Trinajstić information content (AvgIpc) is 3.40. The lowest BCUT2D eigenvalue weighted by atomic mass is 10.0. The van der Waals surface area contributed by atoms with Crippen molar-refractivity contribution < 1.29 is 9.21 Å². The summed E-state index contributed by atoms with van der Waals surface area (Å²) in [4.78, 5) is 38.9. The third-order valence-electron chi connectivity index (χ3n) is 5.31. The highest BCUT2D eigenvalue weighted by atomic mass is 16.4. The van der Waals surface area contributed by atoms with E-state index < -0.39 is 0 Å². The number of hydrogen-bond acceptors (Lipinski definition) is 6. The summed E-state index contributed by atoms with van der Waals surface area (Å²) < 4.78 is 7.74. The second-order valence-corrected chi connectivity index (χ2v) is 9.16. The number of nitrogens with one attached hydrogen (secondary N) is 3. The van der Waals surface area contributed by atoms with Gasteiger partial charge in [-0.1, -0.05) is 13.8 Å². The molecule has 35 heavy (non-hydrogen) atoms. The third-order valence-corrected chi connectivity index (χ3v) is 5.31. The molecule has 10 heteroatoms. The minimum Gasteiger partial charge on any atom is -0.440 e. The van der Waals surface area contributed by atoms with E-state index in [2.05, 4.69) is 39.4 Å². The predicted molar refractivity (Wildman–Crippen MR) is 136 cm³/mol. The van der Waals surface area contributed by atoms with Crippen LogP contribution >= 0.6 is 0 Å². The van der Waals surface area contributed by atoms with E-state index in [-0.39, 0.29) is 11.6 Å². The Morgan fingerprint density at radius 2 is 2.03 bits per heavy atom. The monoisotopic (exact) mass is 477 g/mol. The highest BCUT2D eigenvalue weighted by Crippen LogP contribution is 2.33. The fourth-order valence-corrected chi connectivity index (χ4v) is 3.87. The summed E-state index contributed by atoms with van der Waals surface area (Å²) in [5.74, 6) is 1.81. The molecule has 184 valence electrons. The zero-order valence-electron chi connectivity index (χ0n) is 20.7. The Hall–Kier alpha value is -3.92. The lowest BCUT2D eigenvalue weighted by molar-refractivity contribution is 0.252. The third kappa shape index (κ3) is 5.60. The van der Waals surface area contributed by atoms with Crippen LogP contribution in [0.1, 0.15) is 26.5 Å². The summed E-state index contributed by atoms with van der Waals surface area (Å²) in [5, 5.41) is 5.39. The number of anilines is 1. The number of carbonyl (C=O) groups excluding carboxylic acids is 1. The molecule has 10 nitrogen and oxygen atoms in total. The molecule has 4 rings (SSSR count). The fourth-order valence-electron chi connectivity index (χ4n) is 3.87. The molecule has 3 heterocycles. The zero-order chi connectivity index (χ0) is 25.1. The van der Waals surface area contributed by atoms with E-state index in [1.807, 2.05) is 50.3 Å². The van der Waals surface area contributed by atoms with E-state index in [0.29, 0.717) is 54.0 Å². The standard InChI is InChI=1S/C25H31N7O3/c1-6-26-25(34)30-24-28-20-10-17(16-7-8-32(13-15(2)3)21(33)11-16)9-19(22(20)29-24)23-27-12-18(35-23)14-31(4)5/h7-12,15H,6,13-14H2,1-5H3,(H3,26,28,29,30,34). The van der Waals surface area contributed by atoms with Crippen molar-refractivity contribution in [3.63, 3.8) is 0 Å². The van der Waals surface area contributed by atoms with Gasteiger partial charge in [-0.25, -0.2) is 14.8 Å². The molecule has 4 aromatic rings. The van der Waals surface area contributed by atoms with Gasteiger partial charge in [0.15, 0.2) is 0 Å². The van der Waals surface area contributed by atoms with E-state index in [1.54, 1.807) is 16.8 Å². The molecular weight excluding hydrogens is 446 g/mol. The van der Waals surface area contributed by atoms with Crippen molar-refractivity contribution in [2.24, 2.45) is 5.92 Å². The predicted octanol–water partition coefficient (Wildman–Crippen LogP) is 3.91. The van der Waals surface area contributed by atoms with Gasteiger partial charge in [0, 0.05) is 25.4 Å². The molecule has 0 aliphatic rings. The normalized spacial score (nSPS) is 11.5. The van der Waals surface area contributed by atoms with Crippen LogP contribution in [0.25, 0.3) is 33.6 Å². The number of benzene rings is 1. The Kier molecular flexibility index (Phi) is 7.02. The molecule has 0 unspecified atom stereocenters. The Morgan fingerprint density at radius 1 is 1.23 bits per heavy atom. The van der Waals surface area contributed by atoms with Crippen molar-refractivity contribution in [1.29, 1.82) is 0 Å². The lowest BCUT2D eigenvalue weighted by Crippen LogP contribution is -2.28. The quantitative estimate of drug-likeness (QED) is 0.354. The molecule has 0 aliphatic heterocycles. The number of imidazole rings is 1. The van der Waals surface area contributed by atoms with E-state index in [4.69, 9.17) is 4.42 Å². The number of H-pyrrole nitrogens is 1. The number of aromatic nitrogens is 4. The second kappa shape index (κ2) is 10.1. The SMILES string of the molecule is CCNC(=O)Nc1nc2cc(-c3ccn(CC(C)C)c(=O)c3)cc(-c3ncc(CN(C)C)o3)c2[nH]1. The largest absolute Gasteiger partial charge is 0.440 e. The van der Waals surface area contributed by atoms with Crippen molar-refractivity contribution in [1.82, 2.24) is 29.7 Å². The van der Waals surface area contributed by atoms with Crippen LogP contribution in [-0.4, -0.2) is 51.1 Å². The number of amides is 2. The fraction of sp³-hybridized carbons (Fsp3) is 0.360. The molecule has 2 amide bonds. The summed E-state index contributed by atoms with van der Waals surface area (Å²) in [5.41, 5.74) is 3.47. The van der Waals surface area contributed by atoms with Crippen LogP contribution in [0.15, 0.2) is 45.9 Å². The number of fused-ring (bicyclic) bond motifs is 1. The van der Waals surface area contributed by atoms with Crippen molar-refractivity contribution in [3.8, 4) is 22.6 Å². The molecule has 0 spiro atoms. The van der Waals surface area contributed by atoms with Gasteiger partial charge in [0.1, 0.15) is 5.76 Å². The number of carbonyl (C=O) groups is 1. The first-order valence-electron chi connectivity index (χ1n) is 11.6. The van der Waals surface area contributed by atoms with Crippen LogP contribution in [0.5, 0.6) is 0 Å². The van der Waals surface area contributed by atoms with E-state index in [0.717, 1.165) is 16.9 Å². The van der Waals surface area contributed by atoms with Gasteiger partial charge in [0.05, 0.1) is 29.3 Å². The van der Waals surface area contributed by atoms with Crippen LogP contribution in [0.4, 0.5) is 10.7 Å². The van der Waals surface area contributed by atoms with Gasteiger partial charge in [0.2, 0.25) is 11.8 Å². The first-order valence-corrected chi connectivity index (χ1v) is 11.6. The first-order chi connectivity index (χ1) is 16.7. The Morgan fingerprint density at radius 3 is 2.71 bits per heavy atom. The smallest absolute Gasteiger partial charge is 0.321 e. The summed E-state index contributed by atoms with van der Waals surface area (Å²) in [6.45, 7) is 7.75. The molecule has 0 radical (unpaired) electrons. The van der Waals surface area contributed by atoms with Crippen molar-refractivity contribution in [2.45, 2.75) is 33.9 Å². The summed E-state index contributed by atoms with van der Waals surface area (Å²) in [6, 6.07) is 6.99. The molecule has 3 N–H and O–H groups in total. The van der Waals surface area contributed by atoms with Crippen LogP contribution in [0.3, 0.4) is 0 Å². The van der Waals surface area contributed by atoms with Crippen LogP contribution in [0.2, 0.25) is 0 Å². The molecule has 0 fully saturated rings. The van der Waals surface area contributed by atoms with Gasteiger partial charge in [-0.05, 0) is 56.3 Å². The summed E-state index contributed by atoms with van der Waals surface area (Å²) in [7, 11) is 3.91. The van der Waals surface area contributed by atoms with Gasteiger partial charge in [-0.3, -0.25) is 10.1 Å². The topological polar surface area (TPSA) is 121 Å². The summed E-state index contributed by atoms with van der Waals surface area (Å²) >= 11 is 0.